The molecule has 0 aromatic carbocycles. The van der Waals surface area contributed by atoms with Gasteiger partial charge in [-0.15, -0.1) is 0 Å². The van der Waals surface area contributed by atoms with Crippen LogP contribution in [0.15, 0.2) is 18.2 Å². The number of rotatable bonds is 5. The van der Waals surface area contributed by atoms with E-state index >= 15 is 0 Å². The van der Waals surface area contributed by atoms with Crippen LogP contribution < -0.4 is 15.5 Å². The second-order valence-corrected chi connectivity index (χ2v) is 6.13. The molecule has 9 heteroatoms. The molecule has 0 aliphatic carbocycles. The molecular formula is C17H24N8O. The van der Waals surface area contributed by atoms with Gasteiger partial charge >= 0.3 is 0 Å². The van der Waals surface area contributed by atoms with Crippen molar-refractivity contribution in [3.63, 3.8) is 0 Å². The number of amides is 1. The Morgan fingerprint density at radius 2 is 1.88 bits per heavy atom. The van der Waals surface area contributed by atoms with Crippen LogP contribution in [0.5, 0.6) is 0 Å². The summed E-state index contributed by atoms with van der Waals surface area (Å²) < 4.78 is 0. The average molecular weight is 356 g/mol. The largest absolute Gasteiger partial charge is 0.354 e. The number of nitrogens with zero attached hydrogens (tertiary/aromatic N) is 6. The first-order valence-corrected chi connectivity index (χ1v) is 8.73. The summed E-state index contributed by atoms with van der Waals surface area (Å²) in [5.41, 5.74) is 0.335. The summed E-state index contributed by atoms with van der Waals surface area (Å²) in [5, 5.41) is 5.66. The van der Waals surface area contributed by atoms with Crippen LogP contribution in [0, 0.1) is 0 Å². The van der Waals surface area contributed by atoms with Crippen molar-refractivity contribution < 1.29 is 4.79 Å². The maximum atomic E-state index is 11.8. The average Bonchev–Trinajstić information content (AvgIpc) is 2.67. The Morgan fingerprint density at radius 1 is 1.12 bits per heavy atom. The number of piperazine rings is 1. The smallest absolute Gasteiger partial charge is 0.269 e. The summed E-state index contributed by atoms with van der Waals surface area (Å²) >= 11 is 0. The van der Waals surface area contributed by atoms with Gasteiger partial charge in [0, 0.05) is 39.6 Å². The van der Waals surface area contributed by atoms with Crippen LogP contribution in [-0.2, 0) is 6.42 Å². The first kappa shape index (κ1) is 18.0. The fourth-order valence-electron chi connectivity index (χ4n) is 2.64. The summed E-state index contributed by atoms with van der Waals surface area (Å²) in [7, 11) is 3.69. The maximum Gasteiger partial charge on any atom is 0.269 e. The van der Waals surface area contributed by atoms with E-state index in [9.17, 15) is 4.79 Å². The van der Waals surface area contributed by atoms with Crippen molar-refractivity contribution in [2.45, 2.75) is 13.3 Å². The van der Waals surface area contributed by atoms with Crippen LogP contribution in [0.1, 0.15) is 23.2 Å². The SMILES string of the molecule is CCc1nc(Nc2cccc(C(=O)NC)n2)nc(N2CCN(C)CC2)n1. The van der Waals surface area contributed by atoms with E-state index in [0.717, 1.165) is 32.0 Å². The predicted octanol–water partition coefficient (Wildman–Crippen LogP) is 0.684. The van der Waals surface area contributed by atoms with Gasteiger partial charge in [-0.05, 0) is 19.2 Å². The van der Waals surface area contributed by atoms with Gasteiger partial charge < -0.3 is 20.4 Å². The molecule has 0 spiro atoms. The number of aromatic nitrogens is 4. The molecule has 1 aliphatic heterocycles. The molecule has 26 heavy (non-hydrogen) atoms. The quantitative estimate of drug-likeness (QED) is 0.807. The van der Waals surface area contributed by atoms with Crippen molar-refractivity contribution >= 4 is 23.6 Å². The van der Waals surface area contributed by atoms with Crippen molar-refractivity contribution in [3.8, 4) is 0 Å². The third-order valence-corrected chi connectivity index (χ3v) is 4.22. The molecule has 1 aliphatic rings. The highest BCUT2D eigenvalue weighted by atomic mass is 16.1. The summed E-state index contributed by atoms with van der Waals surface area (Å²) in [5.74, 6) is 2.11. The van der Waals surface area contributed by atoms with Gasteiger partial charge in [0.05, 0.1) is 0 Å². The molecule has 9 nitrogen and oxygen atoms in total. The molecule has 0 bridgehead atoms. The lowest BCUT2D eigenvalue weighted by Crippen LogP contribution is -2.45. The molecule has 2 aromatic rings. The van der Waals surface area contributed by atoms with Gasteiger partial charge in [-0.1, -0.05) is 13.0 Å². The number of carbonyl (C=O) groups excluding carboxylic acids is 1. The number of nitrogens with one attached hydrogen (secondary N) is 2. The molecule has 3 heterocycles. The Kier molecular flexibility index (Phi) is 5.57. The first-order valence-electron chi connectivity index (χ1n) is 8.73. The van der Waals surface area contributed by atoms with Crippen molar-refractivity contribution in [1.82, 2.24) is 30.2 Å². The van der Waals surface area contributed by atoms with Crippen molar-refractivity contribution in [1.29, 1.82) is 0 Å². The van der Waals surface area contributed by atoms with Crippen LogP contribution in [0.4, 0.5) is 17.7 Å². The van der Waals surface area contributed by atoms with Gasteiger partial charge in [-0.3, -0.25) is 4.79 Å². The Hall–Kier alpha value is -2.81. The fraction of sp³-hybridized carbons (Fsp3) is 0.471. The lowest BCUT2D eigenvalue weighted by Gasteiger charge is -2.32. The van der Waals surface area contributed by atoms with Crippen LogP contribution in [0.25, 0.3) is 0 Å². The predicted molar refractivity (Wildman–Crippen MR) is 99.8 cm³/mol. The zero-order chi connectivity index (χ0) is 18.5. The maximum absolute atomic E-state index is 11.8. The van der Waals surface area contributed by atoms with Gasteiger partial charge in [-0.25, -0.2) is 4.98 Å². The molecule has 0 atom stereocenters. The molecule has 0 radical (unpaired) electrons. The van der Waals surface area contributed by atoms with Gasteiger partial charge in [0.1, 0.15) is 17.3 Å². The monoisotopic (exact) mass is 356 g/mol. The molecule has 3 rings (SSSR count). The normalized spacial score (nSPS) is 15.0. The third-order valence-electron chi connectivity index (χ3n) is 4.22. The molecule has 2 N–H and O–H groups in total. The van der Waals surface area contributed by atoms with E-state index in [1.54, 1.807) is 25.2 Å². The lowest BCUT2D eigenvalue weighted by molar-refractivity contribution is 0.0958. The minimum Gasteiger partial charge on any atom is -0.354 e. The Bertz CT molecular complexity index is 773. The Balaban J connectivity index is 1.83. The summed E-state index contributed by atoms with van der Waals surface area (Å²) in [6.07, 6.45) is 0.712. The van der Waals surface area contributed by atoms with E-state index < -0.39 is 0 Å². The molecule has 2 aromatic heterocycles. The Labute approximate surface area is 152 Å². The molecule has 0 saturated carbocycles. The number of hydrogen-bond donors (Lipinski definition) is 2. The van der Waals surface area contributed by atoms with Crippen LogP contribution in [0.3, 0.4) is 0 Å². The highest BCUT2D eigenvalue weighted by Gasteiger charge is 2.18. The van der Waals surface area contributed by atoms with Gasteiger partial charge in [0.2, 0.25) is 11.9 Å². The van der Waals surface area contributed by atoms with Gasteiger partial charge in [0.15, 0.2) is 0 Å². The zero-order valence-corrected chi connectivity index (χ0v) is 15.4. The topological polar surface area (TPSA) is 99.2 Å². The minimum atomic E-state index is -0.239. The van der Waals surface area contributed by atoms with Gasteiger partial charge in [0.25, 0.3) is 5.91 Å². The zero-order valence-electron chi connectivity index (χ0n) is 15.4. The third kappa shape index (κ3) is 4.23. The number of anilines is 3. The fourth-order valence-corrected chi connectivity index (χ4v) is 2.64. The highest BCUT2D eigenvalue weighted by molar-refractivity contribution is 5.92. The molecule has 1 fully saturated rings. The summed E-state index contributed by atoms with van der Waals surface area (Å²) in [6, 6.07) is 5.20. The van der Waals surface area contributed by atoms with Crippen molar-refractivity contribution in [2.24, 2.45) is 0 Å². The van der Waals surface area contributed by atoms with Crippen LogP contribution in [0.2, 0.25) is 0 Å². The summed E-state index contributed by atoms with van der Waals surface area (Å²) in [4.78, 5) is 34.1. The second-order valence-electron chi connectivity index (χ2n) is 6.13. The lowest BCUT2D eigenvalue weighted by atomic mass is 10.3. The number of aryl methyl sites for hydroxylation is 1. The molecule has 138 valence electrons. The van der Waals surface area contributed by atoms with Crippen LogP contribution >= 0.6 is 0 Å². The Morgan fingerprint density at radius 3 is 2.58 bits per heavy atom. The summed E-state index contributed by atoms with van der Waals surface area (Å²) in [6.45, 7) is 5.73. The van der Waals surface area contributed by atoms with E-state index in [0.29, 0.717) is 29.8 Å². The van der Waals surface area contributed by atoms with Crippen molar-refractivity contribution in [3.05, 3.63) is 29.7 Å². The van der Waals surface area contributed by atoms with E-state index in [2.05, 4.69) is 47.4 Å². The number of pyridine rings is 1. The van der Waals surface area contributed by atoms with E-state index in [1.807, 2.05) is 6.92 Å². The minimum absolute atomic E-state index is 0.239. The van der Waals surface area contributed by atoms with Gasteiger partial charge in [-0.2, -0.15) is 15.0 Å². The highest BCUT2D eigenvalue weighted by Crippen LogP contribution is 2.16. The molecule has 0 unspecified atom stereocenters. The van der Waals surface area contributed by atoms with E-state index in [4.69, 9.17) is 0 Å². The van der Waals surface area contributed by atoms with Crippen molar-refractivity contribution in [2.75, 3.05) is 50.5 Å². The second kappa shape index (κ2) is 8.05. The first-order chi connectivity index (χ1) is 12.6. The van der Waals surface area contributed by atoms with Crippen LogP contribution in [-0.4, -0.2) is 71.0 Å². The number of likely N-dealkylation sites (N-methyl/N-ethyl adjacent to an activating group) is 1. The van der Waals surface area contributed by atoms with E-state index in [1.165, 1.54) is 0 Å². The van der Waals surface area contributed by atoms with E-state index in [-0.39, 0.29) is 5.91 Å². The number of hydrogen-bond acceptors (Lipinski definition) is 8. The molecule has 1 amide bonds. The molecule has 1 saturated heterocycles. The standard InChI is InChI=1S/C17H24N8O/c1-4-13-20-16(21-14-7-5-6-12(19-14)15(26)18-2)23-17(22-13)25-10-8-24(3)9-11-25/h5-7H,4,8-11H2,1-3H3,(H,18,26)(H,19,20,21,22,23). The molecular weight excluding hydrogens is 332 g/mol. The number of carbonyl (C=O) groups is 1.